The van der Waals surface area contributed by atoms with Gasteiger partial charge in [-0.05, 0) is 155 Å². The molecule has 9 aromatic rings. The van der Waals surface area contributed by atoms with E-state index in [4.69, 9.17) is 5.26 Å². The molecule has 0 N–H and O–H groups in total. The van der Waals surface area contributed by atoms with Gasteiger partial charge in [0.1, 0.15) is 5.78 Å². The number of carbonyl (C=O) groups is 2. The van der Waals surface area contributed by atoms with E-state index < -0.39 is 0 Å². The zero-order chi connectivity index (χ0) is 78.2. The highest BCUT2D eigenvalue weighted by Gasteiger charge is 2.31. The first kappa shape index (κ1) is 90.5. The van der Waals surface area contributed by atoms with E-state index in [1.54, 1.807) is 6.92 Å². The lowest BCUT2D eigenvalue weighted by Gasteiger charge is -2.34. The summed E-state index contributed by atoms with van der Waals surface area (Å²) in [5.41, 5.74) is 0. The van der Waals surface area contributed by atoms with E-state index in [-0.39, 0.29) is 44.4 Å². The molecule has 0 saturated carbocycles. The van der Waals surface area contributed by atoms with Crippen molar-refractivity contribution in [2.75, 3.05) is 164 Å². The fourth-order valence-electron chi connectivity index (χ4n) is 13.1. The molecule has 13 nitrogen and oxygen atoms in total. The van der Waals surface area contributed by atoms with Gasteiger partial charge >= 0.3 is 5.97 Å². The van der Waals surface area contributed by atoms with Gasteiger partial charge in [0.2, 0.25) is 0 Å². The topological polar surface area (TPSA) is 129 Å². The first-order valence-corrected chi connectivity index (χ1v) is 44.2. The molecule has 111 heavy (non-hydrogen) atoms. The Labute approximate surface area is 677 Å². The van der Waals surface area contributed by atoms with E-state index in [1.165, 1.54) is 129 Å². The molecule has 12 rings (SSSR count). The summed E-state index contributed by atoms with van der Waals surface area (Å²) in [4.78, 5) is 48.6. The van der Waals surface area contributed by atoms with Crippen LogP contribution in [0.1, 0.15) is 85.5 Å². The van der Waals surface area contributed by atoms with Gasteiger partial charge in [0.25, 0.3) is 0 Å². The average molecular weight is 1550 g/mol. The van der Waals surface area contributed by atoms with Crippen LogP contribution in [0.25, 0.3) is 16.0 Å². The van der Waals surface area contributed by atoms with Crippen LogP contribution in [-0.4, -0.2) is 205 Å². The molecule has 3 aliphatic heterocycles. The van der Waals surface area contributed by atoms with Crippen molar-refractivity contribution >= 4 is 44.4 Å². The maximum atomic E-state index is 11.2. The van der Waals surface area contributed by atoms with Gasteiger partial charge in [-0.15, -0.1) is 19.6 Å². The Morgan fingerprint density at radius 2 is 0.523 bits per heavy atom. The third-order valence-corrected chi connectivity index (χ3v) is 25.8. The molecule has 0 unspecified atom stereocenters. The number of hydrogen-bond acceptors (Lipinski definition) is 10. The number of nitrogens with zero attached hydrogens (tertiary/aromatic N) is 10. The molecule has 3 aliphatic rings. The number of piperazine rings is 3. The van der Waals surface area contributed by atoms with Crippen molar-refractivity contribution in [3.05, 3.63) is 289 Å². The number of ketones is 1. The first-order valence-electron chi connectivity index (χ1n) is 40.5. The molecule has 0 bridgehead atoms. The van der Waals surface area contributed by atoms with E-state index in [2.05, 4.69) is 350 Å². The van der Waals surface area contributed by atoms with Crippen molar-refractivity contribution in [2.24, 2.45) is 0 Å². The molecule has 3 saturated heterocycles. The van der Waals surface area contributed by atoms with E-state index in [9.17, 15) is 9.59 Å². The van der Waals surface area contributed by atoms with Gasteiger partial charge in [-0.1, -0.05) is 223 Å². The molecule has 9 aromatic carbocycles. The third kappa shape index (κ3) is 36.8. The number of Topliss-reactive ketones (excluding diaryl/α,β-unsaturated/α-hetero) is 1. The van der Waals surface area contributed by atoms with Crippen molar-refractivity contribution in [3.8, 4) is 6.07 Å². The summed E-state index contributed by atoms with van der Waals surface area (Å²) < 4.78 is 4.69. The Hall–Kier alpha value is -7.70. The van der Waals surface area contributed by atoms with Crippen molar-refractivity contribution < 1.29 is 14.3 Å². The average Bonchev–Trinajstić information content (AvgIpc) is 0.831. The molecule has 3 heterocycles. The zero-order valence-electron chi connectivity index (χ0n) is 67.2. The third-order valence-electron chi connectivity index (χ3n) is 19.1. The molecule has 0 spiro atoms. The fraction of sp³-hybridized carbons (Fsp3) is 0.400. The number of nitriles is 1. The number of esters is 1. The van der Waals surface area contributed by atoms with Gasteiger partial charge in [0.15, 0.2) is 44.1 Å². The van der Waals surface area contributed by atoms with Crippen molar-refractivity contribution in [2.45, 2.75) is 130 Å². The lowest BCUT2D eigenvalue weighted by Crippen LogP contribution is -2.48. The number of ether oxygens (including phenoxy) is 1. The minimum absolute atomic E-state index is 0.0146. The highest BCUT2D eigenvalue weighted by Crippen LogP contribution is 2.33. The van der Waals surface area contributed by atoms with Gasteiger partial charge in [-0.2, -0.15) is 24.9 Å². The molecule has 0 aromatic heterocycles. The molecule has 0 aliphatic carbocycles. The molecule has 16 heteroatoms. The van der Waals surface area contributed by atoms with Crippen LogP contribution in [0.2, 0.25) is 0 Å². The van der Waals surface area contributed by atoms with Gasteiger partial charge < -0.3 is 35.4 Å². The highest BCUT2D eigenvalue weighted by atomic mass is 32.2. The minimum Gasteiger partial charge on any atom is -0.662 e. The highest BCUT2D eigenvalue weighted by molar-refractivity contribution is 7.97. The van der Waals surface area contributed by atoms with E-state index in [0.29, 0.717) is 19.6 Å². The van der Waals surface area contributed by atoms with Crippen LogP contribution >= 0.6 is 0 Å². The monoisotopic (exact) mass is 1550 g/mol. The summed E-state index contributed by atoms with van der Waals surface area (Å²) in [5, 5.41) is 21.6. The van der Waals surface area contributed by atoms with Crippen LogP contribution in [0.4, 0.5) is 0 Å². The number of hydrogen-bond donors (Lipinski definition) is 0. The van der Waals surface area contributed by atoms with Crippen LogP contribution in [-0.2, 0) is 47.0 Å². The van der Waals surface area contributed by atoms with E-state index in [0.717, 1.165) is 118 Å². The maximum absolute atomic E-state index is 11.2. The largest absolute Gasteiger partial charge is 0.662 e. The Kier molecular flexibility index (Phi) is 46.8. The number of unbranched alkanes of at least 4 members (excludes halogenated alkanes) is 6. The van der Waals surface area contributed by atoms with E-state index in [1.807, 2.05) is 0 Å². The number of carbonyl (C=O) groups excluding carboxylic acids is 2. The summed E-state index contributed by atoms with van der Waals surface area (Å²) in [6.07, 6.45) is 11.4. The summed E-state index contributed by atoms with van der Waals surface area (Å²) in [7, 11) is 1.40. The van der Waals surface area contributed by atoms with Crippen LogP contribution in [0.3, 0.4) is 0 Å². The van der Waals surface area contributed by atoms with Crippen LogP contribution in [0, 0.1) is 11.3 Å². The Morgan fingerprint density at radius 3 is 0.721 bits per heavy atom. The number of rotatable bonds is 35. The molecule has 592 valence electrons. The van der Waals surface area contributed by atoms with Crippen molar-refractivity contribution in [1.82, 2.24) is 29.4 Å². The predicted octanol–water partition coefficient (Wildman–Crippen LogP) is 19.1. The molecule has 0 amide bonds. The summed E-state index contributed by atoms with van der Waals surface area (Å²) >= 11 is 0. The van der Waals surface area contributed by atoms with E-state index >= 15 is 0 Å². The Bertz CT molecular complexity index is 3220. The second-order valence-electron chi connectivity index (χ2n) is 27.5. The lowest BCUT2D eigenvalue weighted by molar-refractivity contribution is -0.142. The minimum atomic E-state index is -0.131. The molecule has 0 atom stereocenters. The van der Waals surface area contributed by atoms with Gasteiger partial charge in [0, 0.05) is 78.5 Å². The number of benzene rings is 9. The molecular formula is C95H126N10O3S3. The zero-order valence-corrected chi connectivity index (χ0v) is 69.7. The smallest absolute Gasteiger partial charge is 0.319 e. The van der Waals surface area contributed by atoms with Crippen molar-refractivity contribution in [1.29, 1.82) is 5.26 Å². The fourth-order valence-corrected chi connectivity index (χ4v) is 19.4. The first-order chi connectivity index (χ1) is 54.7. The van der Waals surface area contributed by atoms with Crippen LogP contribution < -0.4 is 0 Å². The van der Waals surface area contributed by atoms with Gasteiger partial charge in [0.05, 0.1) is 65.5 Å². The maximum Gasteiger partial charge on any atom is 0.319 e. The SMILES string of the molecule is CC[N-]CCCCCN1CCN(CC#N)CC1.CC[N-]CCCCCN1CCN(CC(=O)OC)CC1.CC[N-]CCCCCN1CCN(CC(C)=O)CC1.c1ccc([S+](c2ccccc2)c2ccccc2)cc1.c1ccc([S+](c2ccccc2)c2ccccc2)cc1.c1ccc([S+](c2ccccc2)c2ccccc2)cc1. The summed E-state index contributed by atoms with van der Waals surface area (Å²) in [6.45, 7) is 31.9. The standard InChI is InChI=1S/3C18H15S.C14H28N3O2.C14H28N3O.C13H25N4/c3*1-4-10-16(11-5-1)19(17-12-6-2-7-13-17)18-14-8-3-9-15-18;1-3-15-7-5-4-6-8-16-9-11-17(12-10-16)13-14(18)19-2;1-3-15-7-5-4-6-8-16-9-11-17(12-10-16)13-14(2)18;1-2-15-7-4-3-5-8-16-10-12-17(9-6-14)13-11-16/h3*1-15H;3-13H2,1-2H3;3-13H2,1-2H3;2-5,7-13H2,1H3/q3*+1;3*-1. The second kappa shape index (κ2) is 57.3. The van der Waals surface area contributed by atoms with Gasteiger partial charge in [-0.3, -0.25) is 24.3 Å². The summed E-state index contributed by atoms with van der Waals surface area (Å²) in [6, 6.07) is 98.7. The number of methoxy groups -OCH3 is 1. The Balaban J connectivity index is 0.000000185. The van der Waals surface area contributed by atoms with Crippen LogP contribution in [0.5, 0.6) is 0 Å². The normalized spacial score (nSPS) is 14.2. The quantitative estimate of drug-likeness (QED) is 0.0164. The van der Waals surface area contributed by atoms with Crippen LogP contribution in [0.15, 0.2) is 317 Å². The van der Waals surface area contributed by atoms with Crippen molar-refractivity contribution in [3.63, 3.8) is 0 Å². The molecular weight excluding hydrogens is 1430 g/mol. The Morgan fingerprint density at radius 1 is 0.315 bits per heavy atom. The second-order valence-corrected chi connectivity index (χ2v) is 33.6. The summed E-state index contributed by atoms with van der Waals surface area (Å²) in [5.74, 6) is 0.149. The lowest BCUT2D eigenvalue weighted by atomic mass is 10.2. The van der Waals surface area contributed by atoms with Gasteiger partial charge in [-0.25, -0.2) is 0 Å². The molecule has 3 fully saturated rings. The predicted molar refractivity (Wildman–Crippen MR) is 469 cm³/mol. The molecule has 0 radical (unpaired) electrons.